The molecule has 1 heterocycles. The number of halogens is 1. The van der Waals surface area contributed by atoms with Crippen molar-refractivity contribution in [1.29, 1.82) is 0 Å². The summed E-state index contributed by atoms with van der Waals surface area (Å²) in [6.45, 7) is 0. The summed E-state index contributed by atoms with van der Waals surface area (Å²) in [4.78, 5) is 15.8. The summed E-state index contributed by atoms with van der Waals surface area (Å²) in [5, 5.41) is 4.28. The van der Waals surface area contributed by atoms with Gasteiger partial charge >= 0.3 is 0 Å². The molecule has 1 aliphatic carbocycles. The van der Waals surface area contributed by atoms with E-state index in [1.807, 2.05) is 18.2 Å². The Morgan fingerprint density at radius 2 is 1.81 bits per heavy atom. The minimum atomic E-state index is -0.248. The Kier molecular flexibility index (Phi) is 4.74. The topological polar surface area (TPSA) is 44.9 Å². The van der Waals surface area contributed by atoms with Crippen molar-refractivity contribution in [3.8, 4) is 11.3 Å². The van der Waals surface area contributed by atoms with Gasteiger partial charge in [0.05, 0.1) is 0 Å². The summed E-state index contributed by atoms with van der Waals surface area (Å²) in [7, 11) is 0. The first-order valence-electron chi connectivity index (χ1n) is 9.35. The number of amides is 1. The van der Waals surface area contributed by atoms with Gasteiger partial charge in [0, 0.05) is 29.1 Å². The number of para-hydroxylation sites is 1. The second-order valence-corrected chi connectivity index (χ2v) is 7.08. The van der Waals surface area contributed by atoms with E-state index in [2.05, 4.69) is 16.4 Å². The van der Waals surface area contributed by atoms with Gasteiger partial charge < -0.3 is 10.3 Å². The normalized spacial score (nSPS) is 14.8. The van der Waals surface area contributed by atoms with Gasteiger partial charge in [0.25, 0.3) is 0 Å². The van der Waals surface area contributed by atoms with Crippen LogP contribution >= 0.6 is 0 Å². The average Bonchev–Trinajstić information content (AvgIpc) is 3.28. The van der Waals surface area contributed by atoms with Gasteiger partial charge in [0.1, 0.15) is 5.82 Å². The summed E-state index contributed by atoms with van der Waals surface area (Å²) >= 11 is 0. The number of carbonyl (C=O) groups is 1. The molecule has 134 valence electrons. The van der Waals surface area contributed by atoms with Crippen LogP contribution in [0.15, 0.2) is 48.5 Å². The zero-order valence-corrected chi connectivity index (χ0v) is 14.7. The molecule has 26 heavy (non-hydrogen) atoms. The molecule has 3 aromatic rings. The maximum Gasteiger partial charge on any atom is 0.220 e. The number of benzene rings is 2. The third kappa shape index (κ3) is 3.50. The number of aromatic nitrogens is 1. The number of nitrogens with one attached hydrogen (secondary N) is 2. The zero-order chi connectivity index (χ0) is 17.9. The number of hydrogen-bond acceptors (Lipinski definition) is 1. The van der Waals surface area contributed by atoms with Crippen molar-refractivity contribution in [2.45, 2.75) is 44.6 Å². The molecule has 4 heteroatoms. The van der Waals surface area contributed by atoms with Crippen molar-refractivity contribution in [3.63, 3.8) is 0 Å². The Hall–Kier alpha value is -2.62. The number of hydrogen-bond donors (Lipinski definition) is 2. The molecule has 0 unspecified atom stereocenters. The molecule has 2 N–H and O–H groups in total. The molecule has 4 rings (SSSR count). The minimum Gasteiger partial charge on any atom is -0.354 e. The van der Waals surface area contributed by atoms with E-state index in [9.17, 15) is 9.18 Å². The molecule has 1 fully saturated rings. The van der Waals surface area contributed by atoms with E-state index in [0.717, 1.165) is 40.6 Å². The number of aromatic amines is 1. The van der Waals surface area contributed by atoms with Crippen LogP contribution in [0, 0.1) is 5.82 Å². The summed E-state index contributed by atoms with van der Waals surface area (Å²) in [6.07, 6.45) is 5.74. The molecule has 0 radical (unpaired) electrons. The van der Waals surface area contributed by atoms with E-state index >= 15 is 0 Å². The lowest BCUT2D eigenvalue weighted by Crippen LogP contribution is -2.32. The summed E-state index contributed by atoms with van der Waals surface area (Å²) < 4.78 is 13.3. The minimum absolute atomic E-state index is 0.118. The smallest absolute Gasteiger partial charge is 0.220 e. The highest BCUT2D eigenvalue weighted by atomic mass is 19.1. The second kappa shape index (κ2) is 7.32. The third-order valence-corrected chi connectivity index (χ3v) is 5.27. The van der Waals surface area contributed by atoms with Crippen LogP contribution in [-0.4, -0.2) is 16.9 Å². The molecule has 1 saturated carbocycles. The maximum atomic E-state index is 13.3. The Bertz CT molecular complexity index is 908. The number of aryl methyl sites for hydroxylation is 1. The molecule has 0 aliphatic heterocycles. The molecule has 2 aromatic carbocycles. The van der Waals surface area contributed by atoms with E-state index in [0.29, 0.717) is 18.9 Å². The first-order chi connectivity index (χ1) is 12.7. The van der Waals surface area contributed by atoms with E-state index in [1.54, 1.807) is 12.1 Å². The summed E-state index contributed by atoms with van der Waals surface area (Å²) in [5.41, 5.74) is 4.07. The number of carbonyl (C=O) groups excluding carboxylic acids is 1. The van der Waals surface area contributed by atoms with Gasteiger partial charge in [-0.15, -0.1) is 0 Å². The van der Waals surface area contributed by atoms with Crippen LogP contribution in [0.5, 0.6) is 0 Å². The van der Waals surface area contributed by atoms with Crippen molar-refractivity contribution < 1.29 is 9.18 Å². The number of H-pyrrole nitrogens is 1. The molecule has 0 bridgehead atoms. The van der Waals surface area contributed by atoms with Crippen LogP contribution in [0.1, 0.15) is 37.7 Å². The van der Waals surface area contributed by atoms with Crippen molar-refractivity contribution in [2.75, 3.05) is 0 Å². The van der Waals surface area contributed by atoms with E-state index < -0.39 is 0 Å². The maximum absolute atomic E-state index is 13.3. The average molecular weight is 350 g/mol. The van der Waals surface area contributed by atoms with Gasteiger partial charge in [-0.3, -0.25) is 4.79 Å². The Balaban J connectivity index is 1.59. The van der Waals surface area contributed by atoms with Gasteiger partial charge in [-0.2, -0.15) is 0 Å². The predicted molar refractivity (Wildman–Crippen MR) is 102 cm³/mol. The fourth-order valence-electron chi connectivity index (χ4n) is 3.93. The lowest BCUT2D eigenvalue weighted by molar-refractivity contribution is -0.121. The van der Waals surface area contributed by atoms with Crippen LogP contribution < -0.4 is 5.32 Å². The van der Waals surface area contributed by atoms with Crippen LogP contribution in [-0.2, 0) is 11.2 Å². The number of fused-ring (bicyclic) bond motifs is 1. The van der Waals surface area contributed by atoms with Gasteiger partial charge in [-0.05, 0) is 60.7 Å². The first-order valence-corrected chi connectivity index (χ1v) is 9.35. The molecule has 0 spiro atoms. The molecular weight excluding hydrogens is 327 g/mol. The molecule has 1 aromatic heterocycles. The van der Waals surface area contributed by atoms with Crippen molar-refractivity contribution >= 4 is 16.8 Å². The highest BCUT2D eigenvalue weighted by Crippen LogP contribution is 2.31. The third-order valence-electron chi connectivity index (χ3n) is 5.27. The molecule has 1 aliphatic rings. The highest BCUT2D eigenvalue weighted by Gasteiger charge is 2.18. The summed E-state index contributed by atoms with van der Waals surface area (Å²) in [6, 6.07) is 14.9. The lowest BCUT2D eigenvalue weighted by atomic mass is 10.0. The molecule has 3 nitrogen and oxygen atoms in total. The molecule has 0 saturated heterocycles. The van der Waals surface area contributed by atoms with Crippen LogP contribution in [0.2, 0.25) is 0 Å². The molecule has 1 amide bonds. The fourth-order valence-corrected chi connectivity index (χ4v) is 3.93. The monoisotopic (exact) mass is 350 g/mol. The van der Waals surface area contributed by atoms with Gasteiger partial charge in [-0.25, -0.2) is 4.39 Å². The van der Waals surface area contributed by atoms with Crippen LogP contribution in [0.4, 0.5) is 4.39 Å². The SMILES string of the molecule is O=C(CCc1c(-c2ccc(F)cc2)[nH]c2ccccc12)NC1CCCC1. The molecular formula is C22H23FN2O. The van der Waals surface area contributed by atoms with Crippen molar-refractivity contribution in [3.05, 3.63) is 59.9 Å². The Labute approximate surface area is 152 Å². The van der Waals surface area contributed by atoms with E-state index in [1.165, 1.54) is 25.0 Å². The quantitative estimate of drug-likeness (QED) is 0.671. The summed E-state index contributed by atoms with van der Waals surface area (Å²) in [5.74, 6) is -0.130. The van der Waals surface area contributed by atoms with Crippen LogP contribution in [0.3, 0.4) is 0 Å². The van der Waals surface area contributed by atoms with Crippen molar-refractivity contribution in [2.24, 2.45) is 0 Å². The van der Waals surface area contributed by atoms with E-state index in [-0.39, 0.29) is 11.7 Å². The molecule has 0 atom stereocenters. The zero-order valence-electron chi connectivity index (χ0n) is 14.7. The van der Waals surface area contributed by atoms with Crippen molar-refractivity contribution in [1.82, 2.24) is 10.3 Å². The van der Waals surface area contributed by atoms with E-state index in [4.69, 9.17) is 0 Å². The van der Waals surface area contributed by atoms with Gasteiger partial charge in [0.15, 0.2) is 0 Å². The fraction of sp³-hybridized carbons (Fsp3) is 0.318. The largest absolute Gasteiger partial charge is 0.354 e. The Morgan fingerprint density at radius 1 is 1.08 bits per heavy atom. The second-order valence-electron chi connectivity index (χ2n) is 7.08. The Morgan fingerprint density at radius 3 is 2.58 bits per heavy atom. The van der Waals surface area contributed by atoms with Crippen LogP contribution in [0.25, 0.3) is 22.2 Å². The number of rotatable bonds is 5. The van der Waals surface area contributed by atoms with Gasteiger partial charge in [-0.1, -0.05) is 31.0 Å². The highest BCUT2D eigenvalue weighted by molar-refractivity contribution is 5.91. The standard InChI is InChI=1S/C22H23FN2O/c23-16-11-9-15(10-12-16)22-19(18-7-3-4-8-20(18)25-22)13-14-21(26)24-17-5-1-2-6-17/h3-4,7-12,17,25H,1-2,5-6,13-14H2,(H,24,26). The lowest BCUT2D eigenvalue weighted by Gasteiger charge is -2.12. The first kappa shape index (κ1) is 16.8. The van der Waals surface area contributed by atoms with Gasteiger partial charge in [0.2, 0.25) is 5.91 Å². The predicted octanol–water partition coefficient (Wildman–Crippen LogP) is 4.97.